The average molecular weight is 246 g/mol. The Morgan fingerprint density at radius 3 is 2.33 bits per heavy atom. The summed E-state index contributed by atoms with van der Waals surface area (Å²) in [5, 5.41) is 0. The van der Waals surface area contributed by atoms with Gasteiger partial charge in [-0.25, -0.2) is 4.79 Å². The van der Waals surface area contributed by atoms with Crippen molar-refractivity contribution < 1.29 is 14.3 Å². The van der Waals surface area contributed by atoms with Crippen LogP contribution in [0.1, 0.15) is 18.9 Å². The van der Waals surface area contributed by atoms with E-state index in [-0.39, 0.29) is 5.76 Å². The molecule has 3 nitrogen and oxygen atoms in total. The third-order valence-electron chi connectivity index (χ3n) is 2.48. The molecule has 0 aliphatic rings. The van der Waals surface area contributed by atoms with E-state index < -0.39 is 5.97 Å². The molecule has 0 N–H and O–H groups in total. The zero-order chi connectivity index (χ0) is 13.4. The molecule has 1 aromatic carbocycles. The standard InChI is InChI=1S/C15H18O3/c1-4-12(10-13-8-6-5-7-9-13)11-14(17-2)15(16)18-3/h5-11H,4H2,1-3H3. The first-order chi connectivity index (χ1) is 8.71. The van der Waals surface area contributed by atoms with E-state index in [0.29, 0.717) is 0 Å². The molecule has 0 spiro atoms. The maximum atomic E-state index is 11.4. The Morgan fingerprint density at radius 2 is 1.83 bits per heavy atom. The number of carbonyl (C=O) groups is 1. The maximum absolute atomic E-state index is 11.4. The highest BCUT2D eigenvalue weighted by Crippen LogP contribution is 2.13. The van der Waals surface area contributed by atoms with E-state index in [1.54, 1.807) is 6.08 Å². The number of esters is 1. The number of methoxy groups -OCH3 is 2. The first-order valence-corrected chi connectivity index (χ1v) is 5.80. The molecule has 0 aliphatic carbocycles. The Labute approximate surface area is 108 Å². The highest BCUT2D eigenvalue weighted by atomic mass is 16.6. The van der Waals surface area contributed by atoms with Gasteiger partial charge in [0.05, 0.1) is 14.2 Å². The first-order valence-electron chi connectivity index (χ1n) is 5.80. The van der Waals surface area contributed by atoms with Crippen LogP contribution in [-0.2, 0) is 14.3 Å². The van der Waals surface area contributed by atoms with Crippen molar-refractivity contribution in [1.29, 1.82) is 0 Å². The molecular formula is C15H18O3. The second-order valence-electron chi connectivity index (χ2n) is 3.69. The van der Waals surface area contributed by atoms with Crippen LogP contribution in [0.3, 0.4) is 0 Å². The molecule has 0 bridgehead atoms. The fourth-order valence-electron chi connectivity index (χ4n) is 1.48. The van der Waals surface area contributed by atoms with E-state index in [1.165, 1.54) is 14.2 Å². The summed E-state index contributed by atoms with van der Waals surface area (Å²) < 4.78 is 9.66. The highest BCUT2D eigenvalue weighted by Gasteiger charge is 2.09. The third kappa shape index (κ3) is 4.09. The van der Waals surface area contributed by atoms with Crippen LogP contribution in [0.2, 0.25) is 0 Å². The zero-order valence-corrected chi connectivity index (χ0v) is 11.0. The molecule has 0 aliphatic heterocycles. The van der Waals surface area contributed by atoms with Gasteiger partial charge in [0.25, 0.3) is 0 Å². The third-order valence-corrected chi connectivity index (χ3v) is 2.48. The van der Waals surface area contributed by atoms with Crippen molar-refractivity contribution in [3.8, 4) is 0 Å². The molecule has 0 radical (unpaired) electrons. The summed E-state index contributed by atoms with van der Waals surface area (Å²) in [5.41, 5.74) is 2.09. The van der Waals surface area contributed by atoms with E-state index in [0.717, 1.165) is 17.6 Å². The molecule has 96 valence electrons. The van der Waals surface area contributed by atoms with Gasteiger partial charge in [0.1, 0.15) is 0 Å². The molecule has 0 saturated heterocycles. The molecule has 1 aromatic rings. The summed E-state index contributed by atoms with van der Waals surface area (Å²) in [4.78, 5) is 11.4. The van der Waals surface area contributed by atoms with E-state index >= 15 is 0 Å². The largest absolute Gasteiger partial charge is 0.490 e. The van der Waals surface area contributed by atoms with Gasteiger partial charge in [0.15, 0.2) is 0 Å². The lowest BCUT2D eigenvalue weighted by atomic mass is 10.1. The molecule has 0 aromatic heterocycles. The summed E-state index contributed by atoms with van der Waals surface area (Å²) in [6.07, 6.45) is 4.53. The van der Waals surface area contributed by atoms with Gasteiger partial charge < -0.3 is 9.47 Å². The van der Waals surface area contributed by atoms with E-state index in [9.17, 15) is 4.79 Å². The molecule has 18 heavy (non-hydrogen) atoms. The minimum atomic E-state index is -0.468. The van der Waals surface area contributed by atoms with Crippen LogP contribution >= 0.6 is 0 Å². The van der Waals surface area contributed by atoms with Crippen LogP contribution in [0.15, 0.2) is 47.7 Å². The molecule has 0 atom stereocenters. The summed E-state index contributed by atoms with van der Waals surface area (Å²) in [6.45, 7) is 2.02. The smallest absolute Gasteiger partial charge is 0.373 e. The summed E-state index contributed by atoms with van der Waals surface area (Å²) in [7, 11) is 2.79. The van der Waals surface area contributed by atoms with Gasteiger partial charge in [-0.15, -0.1) is 0 Å². The lowest BCUT2D eigenvalue weighted by Gasteiger charge is -2.05. The maximum Gasteiger partial charge on any atom is 0.373 e. The molecule has 0 saturated carbocycles. The van der Waals surface area contributed by atoms with Gasteiger partial charge in [-0.1, -0.05) is 43.3 Å². The minimum absolute atomic E-state index is 0.210. The van der Waals surface area contributed by atoms with E-state index in [4.69, 9.17) is 4.74 Å². The molecule has 1 rings (SSSR count). The number of carbonyl (C=O) groups excluding carboxylic acids is 1. The second kappa shape index (κ2) is 7.33. The highest BCUT2D eigenvalue weighted by molar-refractivity contribution is 5.87. The van der Waals surface area contributed by atoms with Gasteiger partial charge >= 0.3 is 5.97 Å². The van der Waals surface area contributed by atoms with Crippen LogP contribution in [0.5, 0.6) is 0 Å². The van der Waals surface area contributed by atoms with Crippen LogP contribution in [0.25, 0.3) is 6.08 Å². The van der Waals surface area contributed by atoms with Gasteiger partial charge in [-0.3, -0.25) is 0 Å². The second-order valence-corrected chi connectivity index (χ2v) is 3.69. The Balaban J connectivity index is 3.00. The molecule has 0 heterocycles. The predicted octanol–water partition coefficient (Wildman–Crippen LogP) is 3.18. The van der Waals surface area contributed by atoms with Gasteiger partial charge in [0, 0.05) is 0 Å². The number of benzene rings is 1. The van der Waals surface area contributed by atoms with Crippen molar-refractivity contribution in [2.24, 2.45) is 0 Å². The fraction of sp³-hybridized carbons (Fsp3) is 0.267. The zero-order valence-electron chi connectivity index (χ0n) is 11.0. The van der Waals surface area contributed by atoms with Gasteiger partial charge in [0.2, 0.25) is 5.76 Å². The lowest BCUT2D eigenvalue weighted by Crippen LogP contribution is -2.06. The average Bonchev–Trinajstić information content (AvgIpc) is 2.43. The Morgan fingerprint density at radius 1 is 1.17 bits per heavy atom. The summed E-state index contributed by atoms with van der Waals surface area (Å²) >= 11 is 0. The Hall–Kier alpha value is -2.03. The molecule has 0 amide bonds. The van der Waals surface area contributed by atoms with Crippen molar-refractivity contribution in [3.05, 3.63) is 53.3 Å². The van der Waals surface area contributed by atoms with E-state index in [2.05, 4.69) is 4.74 Å². The summed E-state index contributed by atoms with van der Waals surface area (Å²) in [5.74, 6) is -0.258. The predicted molar refractivity (Wildman–Crippen MR) is 71.8 cm³/mol. The Kier molecular flexibility index (Phi) is 5.71. The Bertz CT molecular complexity index is 444. The molecular weight excluding hydrogens is 228 g/mol. The number of hydrogen-bond acceptors (Lipinski definition) is 3. The van der Waals surface area contributed by atoms with Crippen molar-refractivity contribution in [2.45, 2.75) is 13.3 Å². The van der Waals surface area contributed by atoms with Crippen LogP contribution in [-0.4, -0.2) is 20.2 Å². The van der Waals surface area contributed by atoms with Crippen LogP contribution in [0.4, 0.5) is 0 Å². The normalized spacial score (nSPS) is 12.2. The van der Waals surface area contributed by atoms with Crippen molar-refractivity contribution in [1.82, 2.24) is 0 Å². The van der Waals surface area contributed by atoms with Gasteiger partial charge in [-0.05, 0) is 23.6 Å². The molecule has 0 unspecified atom stereocenters. The van der Waals surface area contributed by atoms with Crippen molar-refractivity contribution in [2.75, 3.05) is 14.2 Å². The van der Waals surface area contributed by atoms with Crippen LogP contribution < -0.4 is 0 Å². The SMILES string of the molecule is CCC(=Cc1ccccc1)C=C(OC)C(=O)OC. The fourth-order valence-corrected chi connectivity index (χ4v) is 1.48. The van der Waals surface area contributed by atoms with Crippen molar-refractivity contribution in [3.63, 3.8) is 0 Å². The quantitative estimate of drug-likeness (QED) is 0.346. The monoisotopic (exact) mass is 246 g/mol. The number of hydrogen-bond donors (Lipinski definition) is 0. The lowest BCUT2D eigenvalue weighted by molar-refractivity contribution is -0.139. The van der Waals surface area contributed by atoms with Crippen molar-refractivity contribution >= 4 is 12.0 Å². The molecule has 3 heteroatoms. The number of ether oxygens (including phenoxy) is 2. The van der Waals surface area contributed by atoms with E-state index in [1.807, 2.05) is 43.3 Å². The number of allylic oxidation sites excluding steroid dienone is 2. The van der Waals surface area contributed by atoms with Crippen LogP contribution in [0, 0.1) is 0 Å². The number of rotatable bonds is 5. The topological polar surface area (TPSA) is 35.5 Å². The minimum Gasteiger partial charge on any atom is -0.490 e. The summed E-state index contributed by atoms with van der Waals surface area (Å²) in [6, 6.07) is 9.93. The first kappa shape index (κ1) is 14.0. The van der Waals surface area contributed by atoms with Gasteiger partial charge in [-0.2, -0.15) is 0 Å². The molecule has 0 fully saturated rings.